The van der Waals surface area contributed by atoms with Gasteiger partial charge in [0.1, 0.15) is 0 Å². The molecule has 0 aliphatic carbocycles. The van der Waals surface area contributed by atoms with E-state index in [1.54, 1.807) is 0 Å². The number of hydrogen-bond donors (Lipinski definition) is 1. The van der Waals surface area contributed by atoms with Crippen molar-refractivity contribution in [3.8, 4) is 0 Å². The van der Waals surface area contributed by atoms with Crippen LogP contribution in [-0.4, -0.2) is 49.7 Å². The number of hydrogen-bond acceptors (Lipinski definition) is 4. The van der Waals surface area contributed by atoms with Gasteiger partial charge in [0, 0.05) is 25.6 Å². The summed E-state index contributed by atoms with van der Waals surface area (Å²) in [6.45, 7) is 6.95. The number of piperidine rings is 1. The monoisotopic (exact) mass is 226 g/mol. The van der Waals surface area contributed by atoms with Gasteiger partial charge in [-0.05, 0) is 38.8 Å². The molecule has 2 aliphatic heterocycles. The van der Waals surface area contributed by atoms with E-state index in [1.165, 1.54) is 0 Å². The molecule has 2 aliphatic rings. The first-order valence-corrected chi connectivity index (χ1v) is 6.40. The molecule has 4 heteroatoms. The number of rotatable bonds is 4. The van der Waals surface area contributed by atoms with Gasteiger partial charge in [-0.1, -0.05) is 0 Å². The predicted octanol–water partition coefficient (Wildman–Crippen LogP) is 0.623. The third-order valence-electron chi connectivity index (χ3n) is 3.69. The quantitative estimate of drug-likeness (QED) is 0.714. The molecule has 4 nitrogen and oxygen atoms in total. The maximum atomic E-state index is 11.3. The van der Waals surface area contributed by atoms with E-state index in [0.29, 0.717) is 18.9 Å². The van der Waals surface area contributed by atoms with Gasteiger partial charge < -0.3 is 10.1 Å². The molecular weight excluding hydrogens is 204 g/mol. The van der Waals surface area contributed by atoms with Gasteiger partial charge in [0.15, 0.2) is 0 Å². The third kappa shape index (κ3) is 2.95. The van der Waals surface area contributed by atoms with Gasteiger partial charge >= 0.3 is 5.97 Å². The average Bonchev–Trinajstić information content (AvgIpc) is 2.18. The summed E-state index contributed by atoms with van der Waals surface area (Å²) in [6.07, 6.45) is 2.91. The lowest BCUT2D eigenvalue weighted by Gasteiger charge is -2.42. The highest BCUT2D eigenvalue weighted by molar-refractivity contribution is 5.69. The molecule has 0 atom stereocenters. The van der Waals surface area contributed by atoms with Crippen molar-refractivity contribution in [3.05, 3.63) is 0 Å². The molecule has 2 fully saturated rings. The van der Waals surface area contributed by atoms with Crippen LogP contribution >= 0.6 is 0 Å². The lowest BCUT2D eigenvalue weighted by atomic mass is 9.92. The van der Waals surface area contributed by atoms with E-state index in [9.17, 15) is 4.79 Å². The maximum Gasteiger partial charge on any atom is 0.306 e. The van der Waals surface area contributed by atoms with Gasteiger partial charge in [-0.2, -0.15) is 0 Å². The van der Waals surface area contributed by atoms with Gasteiger partial charge in [-0.15, -0.1) is 0 Å². The predicted molar refractivity (Wildman–Crippen MR) is 62.2 cm³/mol. The van der Waals surface area contributed by atoms with E-state index in [0.717, 1.165) is 45.1 Å². The first-order chi connectivity index (χ1) is 7.79. The minimum absolute atomic E-state index is 0.0220. The lowest BCUT2D eigenvalue weighted by Crippen LogP contribution is -2.58. The van der Waals surface area contributed by atoms with Crippen LogP contribution < -0.4 is 5.32 Å². The Kier molecular flexibility index (Phi) is 4.18. The molecule has 0 aromatic carbocycles. The second-order valence-corrected chi connectivity index (χ2v) is 4.80. The standard InChI is InChI=1S/C12H22N2O2/c1-2-16-12(15)7-10-3-5-14(6-4-10)11-8-13-9-11/h10-11,13H,2-9H2,1H3. The summed E-state index contributed by atoms with van der Waals surface area (Å²) in [5.41, 5.74) is 0. The molecule has 2 heterocycles. The van der Waals surface area contributed by atoms with Crippen LogP contribution in [0.4, 0.5) is 0 Å². The second kappa shape index (κ2) is 5.64. The van der Waals surface area contributed by atoms with E-state index < -0.39 is 0 Å². The zero-order chi connectivity index (χ0) is 11.4. The molecule has 0 radical (unpaired) electrons. The summed E-state index contributed by atoms with van der Waals surface area (Å²) < 4.78 is 4.99. The summed E-state index contributed by atoms with van der Waals surface area (Å²) >= 11 is 0. The molecular formula is C12H22N2O2. The SMILES string of the molecule is CCOC(=O)CC1CCN(C2CNC2)CC1. The molecule has 2 saturated heterocycles. The van der Waals surface area contributed by atoms with E-state index in [2.05, 4.69) is 10.2 Å². The highest BCUT2D eigenvalue weighted by Crippen LogP contribution is 2.23. The molecule has 0 unspecified atom stereocenters. The van der Waals surface area contributed by atoms with Crippen molar-refractivity contribution in [2.45, 2.75) is 32.2 Å². The van der Waals surface area contributed by atoms with E-state index in [1.807, 2.05) is 6.92 Å². The smallest absolute Gasteiger partial charge is 0.306 e. The Labute approximate surface area is 97.3 Å². The number of esters is 1. The van der Waals surface area contributed by atoms with E-state index in [4.69, 9.17) is 4.74 Å². The summed E-state index contributed by atoms with van der Waals surface area (Å²) in [4.78, 5) is 13.9. The summed E-state index contributed by atoms with van der Waals surface area (Å²) in [5.74, 6) is 0.523. The first-order valence-electron chi connectivity index (χ1n) is 6.40. The van der Waals surface area contributed by atoms with Crippen molar-refractivity contribution in [2.75, 3.05) is 32.8 Å². The Morgan fingerprint density at radius 2 is 2.06 bits per heavy atom. The Bertz CT molecular complexity index is 233. The molecule has 0 amide bonds. The van der Waals surface area contributed by atoms with Crippen LogP contribution in [-0.2, 0) is 9.53 Å². The van der Waals surface area contributed by atoms with Crippen LogP contribution in [0.5, 0.6) is 0 Å². The van der Waals surface area contributed by atoms with E-state index in [-0.39, 0.29) is 5.97 Å². The summed E-state index contributed by atoms with van der Waals surface area (Å²) in [7, 11) is 0. The molecule has 2 rings (SSSR count). The fourth-order valence-electron chi connectivity index (χ4n) is 2.51. The van der Waals surface area contributed by atoms with Crippen LogP contribution in [0.3, 0.4) is 0 Å². The normalized spacial score (nSPS) is 24.1. The highest BCUT2D eigenvalue weighted by atomic mass is 16.5. The third-order valence-corrected chi connectivity index (χ3v) is 3.69. The number of carbonyl (C=O) groups is 1. The topological polar surface area (TPSA) is 41.6 Å². The van der Waals surface area contributed by atoms with Crippen molar-refractivity contribution >= 4 is 5.97 Å². The maximum absolute atomic E-state index is 11.3. The Morgan fingerprint density at radius 3 is 2.56 bits per heavy atom. The number of likely N-dealkylation sites (tertiary alicyclic amines) is 1. The number of ether oxygens (including phenoxy) is 1. The fourth-order valence-corrected chi connectivity index (χ4v) is 2.51. The molecule has 92 valence electrons. The summed E-state index contributed by atoms with van der Waals surface area (Å²) in [6, 6.07) is 0.753. The van der Waals surface area contributed by atoms with Crippen LogP contribution in [0.1, 0.15) is 26.2 Å². The molecule has 0 aromatic heterocycles. The van der Waals surface area contributed by atoms with E-state index >= 15 is 0 Å². The fraction of sp³-hybridized carbons (Fsp3) is 0.917. The van der Waals surface area contributed by atoms with Crippen LogP contribution in [0.2, 0.25) is 0 Å². The number of nitrogens with zero attached hydrogens (tertiary/aromatic N) is 1. The first kappa shape index (κ1) is 11.9. The van der Waals surface area contributed by atoms with Crippen molar-refractivity contribution in [1.29, 1.82) is 0 Å². The van der Waals surface area contributed by atoms with Gasteiger partial charge in [0.25, 0.3) is 0 Å². The van der Waals surface area contributed by atoms with Crippen molar-refractivity contribution in [1.82, 2.24) is 10.2 Å². The Morgan fingerprint density at radius 1 is 1.38 bits per heavy atom. The van der Waals surface area contributed by atoms with Gasteiger partial charge in [-0.3, -0.25) is 9.69 Å². The van der Waals surface area contributed by atoms with Crippen molar-refractivity contribution in [2.24, 2.45) is 5.92 Å². The number of nitrogens with one attached hydrogen (secondary N) is 1. The summed E-state index contributed by atoms with van der Waals surface area (Å²) in [5, 5.41) is 3.30. The minimum Gasteiger partial charge on any atom is -0.466 e. The van der Waals surface area contributed by atoms with Gasteiger partial charge in [-0.25, -0.2) is 0 Å². The molecule has 0 aromatic rings. The van der Waals surface area contributed by atoms with Crippen molar-refractivity contribution < 1.29 is 9.53 Å². The number of carbonyl (C=O) groups excluding carboxylic acids is 1. The van der Waals surface area contributed by atoms with Crippen LogP contribution in [0, 0.1) is 5.92 Å². The Hall–Kier alpha value is -0.610. The minimum atomic E-state index is -0.0220. The zero-order valence-corrected chi connectivity index (χ0v) is 10.1. The van der Waals surface area contributed by atoms with Crippen LogP contribution in [0.15, 0.2) is 0 Å². The molecule has 0 bridgehead atoms. The molecule has 0 spiro atoms. The molecule has 1 N–H and O–H groups in total. The molecule has 16 heavy (non-hydrogen) atoms. The van der Waals surface area contributed by atoms with Gasteiger partial charge in [0.05, 0.1) is 6.61 Å². The zero-order valence-electron chi connectivity index (χ0n) is 10.1. The second-order valence-electron chi connectivity index (χ2n) is 4.80. The molecule has 0 saturated carbocycles. The van der Waals surface area contributed by atoms with Gasteiger partial charge in [0.2, 0.25) is 0 Å². The largest absolute Gasteiger partial charge is 0.466 e. The van der Waals surface area contributed by atoms with Crippen molar-refractivity contribution in [3.63, 3.8) is 0 Å². The highest BCUT2D eigenvalue weighted by Gasteiger charge is 2.29. The Balaban J connectivity index is 1.66. The lowest BCUT2D eigenvalue weighted by molar-refractivity contribution is -0.144. The van der Waals surface area contributed by atoms with Crippen LogP contribution in [0.25, 0.3) is 0 Å². The average molecular weight is 226 g/mol.